The number of aliphatic hydroxyl groups excluding tert-OH is 1. The quantitative estimate of drug-likeness (QED) is 0.651. The number of carbonyl (C=O) groups excluding carboxylic acids is 1. The van der Waals surface area contributed by atoms with Crippen molar-refractivity contribution in [3.05, 3.63) is 0 Å². The first-order valence-corrected chi connectivity index (χ1v) is 7.55. The van der Waals surface area contributed by atoms with Crippen LogP contribution in [0.25, 0.3) is 0 Å². The smallest absolute Gasteiger partial charge is 0.310 e. The molecule has 1 aliphatic rings. The number of hydrogen-bond donors (Lipinski definition) is 3. The number of aliphatic carboxylic acids is 1. The van der Waals surface area contributed by atoms with Gasteiger partial charge in [-0.05, 0) is 25.7 Å². The lowest BCUT2D eigenvalue weighted by Crippen LogP contribution is -2.43. The molecule has 1 aliphatic carbocycles. The first-order chi connectivity index (χ1) is 9.41. The average molecular weight is 285 g/mol. The Labute approximate surface area is 120 Å². The van der Waals surface area contributed by atoms with E-state index in [4.69, 9.17) is 5.11 Å². The van der Waals surface area contributed by atoms with E-state index in [1.54, 1.807) is 0 Å². The molecule has 0 aromatic heterocycles. The van der Waals surface area contributed by atoms with Gasteiger partial charge in [-0.3, -0.25) is 9.59 Å². The van der Waals surface area contributed by atoms with E-state index in [1.807, 2.05) is 13.8 Å². The van der Waals surface area contributed by atoms with Gasteiger partial charge in [-0.15, -0.1) is 0 Å². The maximum absolute atomic E-state index is 12.1. The lowest BCUT2D eigenvalue weighted by Gasteiger charge is -2.28. The highest BCUT2D eigenvalue weighted by Crippen LogP contribution is 2.38. The van der Waals surface area contributed by atoms with Crippen LogP contribution in [-0.2, 0) is 9.59 Å². The number of aliphatic hydroxyl groups is 1. The third-order valence-corrected chi connectivity index (χ3v) is 4.54. The first kappa shape index (κ1) is 17.0. The van der Waals surface area contributed by atoms with E-state index >= 15 is 0 Å². The van der Waals surface area contributed by atoms with Crippen molar-refractivity contribution in [1.82, 2.24) is 5.32 Å². The van der Waals surface area contributed by atoms with Gasteiger partial charge in [0.25, 0.3) is 0 Å². The molecule has 5 heteroatoms. The van der Waals surface area contributed by atoms with Crippen molar-refractivity contribution >= 4 is 11.9 Å². The number of carboxylic acid groups (broad SMARTS) is 1. The van der Waals surface area contributed by atoms with Gasteiger partial charge in [0.1, 0.15) is 0 Å². The van der Waals surface area contributed by atoms with Gasteiger partial charge in [-0.25, -0.2) is 0 Å². The van der Waals surface area contributed by atoms with Crippen molar-refractivity contribution in [3.8, 4) is 0 Å². The first-order valence-electron chi connectivity index (χ1n) is 7.55. The lowest BCUT2D eigenvalue weighted by atomic mass is 9.77. The zero-order valence-corrected chi connectivity index (χ0v) is 12.5. The fourth-order valence-electron chi connectivity index (χ4n) is 2.78. The number of amides is 1. The molecule has 2 atom stereocenters. The molecular formula is C15H27NO4. The second kappa shape index (κ2) is 7.62. The normalized spacial score (nSPS) is 21.6. The van der Waals surface area contributed by atoms with E-state index in [0.717, 1.165) is 25.7 Å². The SMILES string of the molecule is CC(CO)C(C)NC(=O)CC1(C(=O)O)CCCCCC1. The minimum Gasteiger partial charge on any atom is -0.481 e. The average Bonchev–Trinajstić information content (AvgIpc) is 2.64. The Hall–Kier alpha value is -1.10. The molecule has 0 spiro atoms. The predicted molar refractivity (Wildman–Crippen MR) is 76.2 cm³/mol. The Morgan fingerprint density at radius 2 is 1.70 bits per heavy atom. The number of carbonyl (C=O) groups is 2. The molecule has 0 bridgehead atoms. The zero-order valence-electron chi connectivity index (χ0n) is 12.5. The van der Waals surface area contributed by atoms with E-state index < -0.39 is 11.4 Å². The second-order valence-electron chi connectivity index (χ2n) is 6.19. The lowest BCUT2D eigenvalue weighted by molar-refractivity contribution is -0.153. The van der Waals surface area contributed by atoms with Crippen LogP contribution in [0.15, 0.2) is 0 Å². The van der Waals surface area contributed by atoms with Crippen LogP contribution in [0.1, 0.15) is 58.8 Å². The van der Waals surface area contributed by atoms with E-state index in [0.29, 0.717) is 12.8 Å². The Morgan fingerprint density at radius 1 is 1.15 bits per heavy atom. The molecule has 1 amide bonds. The molecule has 1 saturated carbocycles. The minimum atomic E-state index is -0.900. The van der Waals surface area contributed by atoms with Gasteiger partial charge in [0.05, 0.1) is 5.41 Å². The zero-order chi connectivity index (χ0) is 15.2. The fourth-order valence-corrected chi connectivity index (χ4v) is 2.78. The van der Waals surface area contributed by atoms with Crippen molar-refractivity contribution < 1.29 is 19.8 Å². The molecule has 0 aromatic rings. The summed E-state index contributed by atoms with van der Waals surface area (Å²) < 4.78 is 0. The topological polar surface area (TPSA) is 86.6 Å². The molecule has 1 rings (SSSR count). The van der Waals surface area contributed by atoms with Crippen LogP contribution in [0.3, 0.4) is 0 Å². The van der Waals surface area contributed by atoms with Crippen LogP contribution in [0.5, 0.6) is 0 Å². The van der Waals surface area contributed by atoms with E-state index in [-0.39, 0.29) is 30.9 Å². The van der Waals surface area contributed by atoms with Gasteiger partial charge in [0.2, 0.25) is 5.91 Å². The number of nitrogens with one attached hydrogen (secondary N) is 1. The van der Waals surface area contributed by atoms with Crippen LogP contribution in [0.2, 0.25) is 0 Å². The van der Waals surface area contributed by atoms with E-state index in [9.17, 15) is 14.7 Å². The van der Waals surface area contributed by atoms with Crippen LogP contribution in [0, 0.1) is 11.3 Å². The van der Waals surface area contributed by atoms with Crippen molar-refractivity contribution in [3.63, 3.8) is 0 Å². The summed E-state index contributed by atoms with van der Waals surface area (Å²) in [6, 6.07) is -0.149. The highest BCUT2D eigenvalue weighted by atomic mass is 16.4. The monoisotopic (exact) mass is 285 g/mol. The third kappa shape index (κ3) is 4.47. The Bertz CT molecular complexity index is 335. The molecule has 5 nitrogen and oxygen atoms in total. The molecule has 1 fully saturated rings. The number of carboxylic acids is 1. The fraction of sp³-hybridized carbons (Fsp3) is 0.867. The summed E-state index contributed by atoms with van der Waals surface area (Å²) in [4.78, 5) is 23.7. The summed E-state index contributed by atoms with van der Waals surface area (Å²) in [5, 5.41) is 21.4. The molecular weight excluding hydrogens is 258 g/mol. The van der Waals surface area contributed by atoms with Gasteiger partial charge in [0.15, 0.2) is 0 Å². The van der Waals surface area contributed by atoms with Crippen LogP contribution in [0.4, 0.5) is 0 Å². The van der Waals surface area contributed by atoms with Crippen molar-refractivity contribution in [2.24, 2.45) is 11.3 Å². The highest BCUT2D eigenvalue weighted by molar-refractivity contribution is 5.85. The molecule has 0 aliphatic heterocycles. The molecule has 3 N–H and O–H groups in total. The predicted octanol–water partition coefficient (Wildman–Crippen LogP) is 1.93. The van der Waals surface area contributed by atoms with Gasteiger partial charge in [-0.2, -0.15) is 0 Å². The van der Waals surface area contributed by atoms with Crippen LogP contribution < -0.4 is 5.32 Å². The second-order valence-corrected chi connectivity index (χ2v) is 6.19. The highest BCUT2D eigenvalue weighted by Gasteiger charge is 2.40. The Balaban J connectivity index is 2.65. The molecule has 0 radical (unpaired) electrons. The molecule has 116 valence electrons. The van der Waals surface area contributed by atoms with Gasteiger partial charge in [-0.1, -0.05) is 32.6 Å². The molecule has 0 heterocycles. The van der Waals surface area contributed by atoms with Gasteiger partial charge < -0.3 is 15.5 Å². The minimum absolute atomic E-state index is 0.00548. The molecule has 20 heavy (non-hydrogen) atoms. The maximum atomic E-state index is 12.1. The van der Waals surface area contributed by atoms with Gasteiger partial charge >= 0.3 is 5.97 Å². The van der Waals surface area contributed by atoms with Crippen molar-refractivity contribution in [2.45, 2.75) is 64.8 Å². The summed E-state index contributed by atoms with van der Waals surface area (Å²) in [5.41, 5.74) is -0.900. The van der Waals surface area contributed by atoms with E-state index in [1.165, 1.54) is 0 Å². The maximum Gasteiger partial charge on any atom is 0.310 e. The number of hydrogen-bond acceptors (Lipinski definition) is 3. The van der Waals surface area contributed by atoms with Crippen LogP contribution in [-0.4, -0.2) is 34.7 Å². The van der Waals surface area contributed by atoms with Crippen molar-refractivity contribution in [2.75, 3.05) is 6.61 Å². The molecule has 0 saturated heterocycles. The van der Waals surface area contributed by atoms with Crippen LogP contribution >= 0.6 is 0 Å². The summed E-state index contributed by atoms with van der Waals surface area (Å²) in [6.45, 7) is 3.69. The molecule has 2 unspecified atom stereocenters. The third-order valence-electron chi connectivity index (χ3n) is 4.54. The Kier molecular flexibility index (Phi) is 6.46. The largest absolute Gasteiger partial charge is 0.481 e. The summed E-state index contributed by atoms with van der Waals surface area (Å²) in [7, 11) is 0. The summed E-state index contributed by atoms with van der Waals surface area (Å²) in [6.07, 6.45) is 5.07. The van der Waals surface area contributed by atoms with Crippen molar-refractivity contribution in [1.29, 1.82) is 0 Å². The van der Waals surface area contributed by atoms with Gasteiger partial charge in [0, 0.05) is 19.1 Å². The number of rotatable bonds is 6. The van der Waals surface area contributed by atoms with E-state index in [2.05, 4.69) is 5.32 Å². The Morgan fingerprint density at radius 3 is 2.15 bits per heavy atom. The summed E-state index contributed by atoms with van der Waals surface area (Å²) >= 11 is 0. The standard InChI is InChI=1S/C15H27NO4/c1-11(10-17)12(2)16-13(18)9-15(14(19)20)7-5-3-4-6-8-15/h11-12,17H,3-10H2,1-2H3,(H,16,18)(H,19,20). The summed E-state index contributed by atoms with van der Waals surface area (Å²) in [5.74, 6) is -1.10. The molecule has 0 aromatic carbocycles.